The lowest BCUT2D eigenvalue weighted by Gasteiger charge is -2.38. The van der Waals surface area contributed by atoms with E-state index in [9.17, 15) is 0 Å². The van der Waals surface area contributed by atoms with Gasteiger partial charge >= 0.3 is 0 Å². The van der Waals surface area contributed by atoms with Crippen LogP contribution in [0.2, 0.25) is 0 Å². The summed E-state index contributed by atoms with van der Waals surface area (Å²) in [5, 5.41) is 0. The maximum absolute atomic E-state index is 5.87. The summed E-state index contributed by atoms with van der Waals surface area (Å²) in [6.45, 7) is 5.61. The highest BCUT2D eigenvalue weighted by Crippen LogP contribution is 2.56. The summed E-state index contributed by atoms with van der Waals surface area (Å²) in [5.41, 5.74) is 3.16. The van der Waals surface area contributed by atoms with Gasteiger partial charge in [0.1, 0.15) is 5.60 Å². The van der Waals surface area contributed by atoms with Gasteiger partial charge in [-0.1, -0.05) is 50.3 Å². The fraction of sp³-hybridized carbons (Fsp3) is 0.500. The molecule has 1 aromatic carbocycles. The molecule has 0 N–H and O–H groups in total. The van der Waals surface area contributed by atoms with Crippen molar-refractivity contribution in [2.45, 2.75) is 38.7 Å². The monoisotopic (exact) mass is 228 g/mol. The van der Waals surface area contributed by atoms with Crippen molar-refractivity contribution in [1.29, 1.82) is 0 Å². The van der Waals surface area contributed by atoms with E-state index in [0.29, 0.717) is 5.41 Å². The van der Waals surface area contributed by atoms with E-state index in [1.165, 1.54) is 30.4 Å². The Morgan fingerprint density at radius 1 is 1.18 bits per heavy atom. The van der Waals surface area contributed by atoms with Crippen LogP contribution in [0.3, 0.4) is 0 Å². The first kappa shape index (κ1) is 11.0. The first-order valence-corrected chi connectivity index (χ1v) is 6.54. The van der Waals surface area contributed by atoms with Crippen molar-refractivity contribution in [3.05, 3.63) is 41.5 Å². The topological polar surface area (TPSA) is 12.5 Å². The highest BCUT2D eigenvalue weighted by molar-refractivity contribution is 5.57. The van der Waals surface area contributed by atoms with Crippen molar-refractivity contribution in [3.63, 3.8) is 0 Å². The van der Waals surface area contributed by atoms with Crippen LogP contribution in [0.1, 0.15) is 38.7 Å². The highest BCUT2D eigenvalue weighted by atomic mass is 16.6. The van der Waals surface area contributed by atoms with Gasteiger partial charge in [-0.2, -0.15) is 0 Å². The molecule has 1 atom stereocenters. The summed E-state index contributed by atoms with van der Waals surface area (Å²) < 4.78 is 5.87. The molecule has 1 unspecified atom stereocenters. The van der Waals surface area contributed by atoms with Crippen LogP contribution >= 0.6 is 0 Å². The molecule has 1 saturated heterocycles. The molecule has 1 aromatic rings. The number of rotatable bonds is 1. The van der Waals surface area contributed by atoms with Crippen LogP contribution in [0.25, 0.3) is 6.08 Å². The molecule has 1 spiro atoms. The third-order valence-electron chi connectivity index (χ3n) is 4.43. The molecular weight excluding hydrogens is 208 g/mol. The molecule has 0 radical (unpaired) electrons. The van der Waals surface area contributed by atoms with Gasteiger partial charge in [-0.05, 0) is 35.8 Å². The number of epoxide rings is 1. The number of ether oxygens (including phenoxy) is 1. The van der Waals surface area contributed by atoms with Crippen molar-refractivity contribution in [3.8, 4) is 0 Å². The fourth-order valence-corrected chi connectivity index (χ4v) is 3.15. The normalized spacial score (nSPS) is 32.9. The van der Waals surface area contributed by atoms with Crippen molar-refractivity contribution in [2.24, 2.45) is 5.41 Å². The largest absolute Gasteiger partial charge is 0.364 e. The Morgan fingerprint density at radius 2 is 1.88 bits per heavy atom. The lowest BCUT2D eigenvalue weighted by atomic mass is 9.66. The van der Waals surface area contributed by atoms with E-state index < -0.39 is 0 Å². The zero-order valence-corrected chi connectivity index (χ0v) is 10.7. The Morgan fingerprint density at radius 3 is 2.53 bits per heavy atom. The molecule has 0 amide bonds. The molecule has 1 saturated carbocycles. The molecule has 0 aromatic heterocycles. The minimum absolute atomic E-state index is 0.0566. The maximum Gasteiger partial charge on any atom is 0.118 e. The molecule has 2 fully saturated rings. The van der Waals surface area contributed by atoms with Crippen LogP contribution in [-0.2, 0) is 4.74 Å². The van der Waals surface area contributed by atoms with Gasteiger partial charge in [0, 0.05) is 0 Å². The molecule has 1 aliphatic heterocycles. The van der Waals surface area contributed by atoms with Gasteiger partial charge in [-0.15, -0.1) is 0 Å². The van der Waals surface area contributed by atoms with Crippen LogP contribution in [-0.4, -0.2) is 12.2 Å². The lowest BCUT2D eigenvalue weighted by molar-refractivity contribution is 0.131. The molecule has 1 nitrogen and oxygen atoms in total. The molecule has 1 heterocycles. The van der Waals surface area contributed by atoms with Gasteiger partial charge in [0.2, 0.25) is 0 Å². The Labute approximate surface area is 103 Å². The van der Waals surface area contributed by atoms with Gasteiger partial charge in [-0.3, -0.25) is 0 Å². The summed E-state index contributed by atoms with van der Waals surface area (Å²) in [5.74, 6) is 0. The minimum atomic E-state index is 0.0566. The van der Waals surface area contributed by atoms with Gasteiger partial charge < -0.3 is 4.74 Å². The van der Waals surface area contributed by atoms with E-state index in [1.807, 2.05) is 0 Å². The van der Waals surface area contributed by atoms with Crippen LogP contribution in [0.4, 0.5) is 0 Å². The van der Waals surface area contributed by atoms with Crippen LogP contribution in [0.5, 0.6) is 0 Å². The second kappa shape index (κ2) is 3.71. The Bertz CT molecular complexity index is 438. The average Bonchev–Trinajstić information content (AvgIpc) is 3.09. The SMILES string of the molecule is CC1(C)CCCC(=Cc2ccccc2)C12CO2. The van der Waals surface area contributed by atoms with Gasteiger partial charge in [-0.25, -0.2) is 0 Å². The van der Waals surface area contributed by atoms with E-state index in [-0.39, 0.29) is 5.60 Å². The summed E-state index contributed by atoms with van der Waals surface area (Å²) in [4.78, 5) is 0. The van der Waals surface area contributed by atoms with E-state index in [2.05, 4.69) is 50.3 Å². The first-order valence-electron chi connectivity index (χ1n) is 6.54. The van der Waals surface area contributed by atoms with Gasteiger partial charge in [0.25, 0.3) is 0 Å². The predicted molar refractivity (Wildman–Crippen MR) is 70.7 cm³/mol. The lowest BCUT2D eigenvalue weighted by Crippen LogP contribution is -2.38. The smallest absolute Gasteiger partial charge is 0.118 e. The standard InChI is InChI=1S/C16H20O/c1-15(2)10-6-9-14(16(15)12-17-16)11-13-7-4-3-5-8-13/h3-5,7-8,11H,6,9-10,12H2,1-2H3. The van der Waals surface area contributed by atoms with Gasteiger partial charge in [0.15, 0.2) is 0 Å². The molecule has 1 heteroatoms. The summed E-state index contributed by atoms with van der Waals surface area (Å²) >= 11 is 0. The second-order valence-corrected chi connectivity index (χ2v) is 5.93. The number of benzene rings is 1. The third kappa shape index (κ3) is 1.73. The number of hydrogen-bond acceptors (Lipinski definition) is 1. The fourth-order valence-electron chi connectivity index (χ4n) is 3.15. The Balaban J connectivity index is 1.96. The van der Waals surface area contributed by atoms with Crippen molar-refractivity contribution < 1.29 is 4.74 Å². The van der Waals surface area contributed by atoms with Crippen LogP contribution in [0, 0.1) is 5.41 Å². The third-order valence-corrected chi connectivity index (χ3v) is 4.43. The average molecular weight is 228 g/mol. The van der Waals surface area contributed by atoms with Crippen LogP contribution in [0.15, 0.2) is 35.9 Å². The Hall–Kier alpha value is -1.08. The highest BCUT2D eigenvalue weighted by Gasteiger charge is 2.59. The molecule has 1 aliphatic carbocycles. The maximum atomic E-state index is 5.87. The zero-order valence-electron chi connectivity index (χ0n) is 10.7. The first-order chi connectivity index (χ1) is 8.14. The molecule has 17 heavy (non-hydrogen) atoms. The number of hydrogen-bond donors (Lipinski definition) is 0. The Kier molecular flexibility index (Phi) is 2.41. The van der Waals surface area contributed by atoms with E-state index in [4.69, 9.17) is 4.74 Å². The second-order valence-electron chi connectivity index (χ2n) is 5.93. The van der Waals surface area contributed by atoms with Gasteiger partial charge in [0.05, 0.1) is 6.61 Å². The summed E-state index contributed by atoms with van der Waals surface area (Å²) in [6.07, 6.45) is 6.10. The van der Waals surface area contributed by atoms with E-state index in [1.54, 1.807) is 0 Å². The summed E-state index contributed by atoms with van der Waals surface area (Å²) in [6, 6.07) is 10.6. The summed E-state index contributed by atoms with van der Waals surface area (Å²) in [7, 11) is 0. The molecule has 90 valence electrons. The molecule has 2 aliphatic rings. The molecular formula is C16H20O. The minimum Gasteiger partial charge on any atom is -0.364 e. The molecule has 0 bridgehead atoms. The van der Waals surface area contributed by atoms with Crippen molar-refractivity contribution in [2.75, 3.05) is 6.61 Å². The van der Waals surface area contributed by atoms with E-state index in [0.717, 1.165) is 6.61 Å². The zero-order chi connectivity index (χ0) is 11.9. The molecule has 3 rings (SSSR count). The van der Waals surface area contributed by atoms with E-state index >= 15 is 0 Å². The van der Waals surface area contributed by atoms with Crippen molar-refractivity contribution >= 4 is 6.08 Å². The quantitative estimate of drug-likeness (QED) is 0.661. The van der Waals surface area contributed by atoms with Crippen molar-refractivity contribution in [1.82, 2.24) is 0 Å². The predicted octanol–water partition coefficient (Wildman–Crippen LogP) is 4.05. The van der Waals surface area contributed by atoms with Crippen LogP contribution < -0.4 is 0 Å².